The van der Waals surface area contributed by atoms with E-state index in [2.05, 4.69) is 5.32 Å². The first-order valence-electron chi connectivity index (χ1n) is 7.95. The van der Waals surface area contributed by atoms with Gasteiger partial charge in [-0.05, 0) is 46.8 Å². The van der Waals surface area contributed by atoms with Crippen molar-refractivity contribution in [2.24, 2.45) is 0 Å². The second-order valence-electron chi connectivity index (χ2n) is 6.58. The lowest BCUT2D eigenvalue weighted by molar-refractivity contribution is -0.137. The number of Topliss-reactive ketones (excluding diaryl/α,β-unsaturated/α-hetero) is 1. The molecule has 0 aromatic heterocycles. The summed E-state index contributed by atoms with van der Waals surface area (Å²) in [6.07, 6.45) is 0. The highest BCUT2D eigenvalue weighted by Crippen LogP contribution is 2.14. The number of likely N-dealkylation sites (N-methyl/N-ethyl adjacent to an activating group) is 1. The van der Waals surface area contributed by atoms with Crippen LogP contribution in [0.25, 0.3) is 0 Å². The SMILES string of the molecule is CCN(CC(=O)NC(C)(C)C)C(=O)COc1cccc(C(C)=O)c1. The number of ketones is 1. The molecule has 1 rings (SSSR count). The van der Waals surface area contributed by atoms with E-state index in [0.717, 1.165) is 0 Å². The van der Waals surface area contributed by atoms with Gasteiger partial charge in [0, 0.05) is 17.6 Å². The fourth-order valence-corrected chi connectivity index (χ4v) is 2.05. The number of amides is 2. The van der Waals surface area contributed by atoms with E-state index in [1.807, 2.05) is 20.8 Å². The Balaban J connectivity index is 2.60. The van der Waals surface area contributed by atoms with Gasteiger partial charge in [-0.1, -0.05) is 12.1 Å². The monoisotopic (exact) mass is 334 g/mol. The molecule has 6 nitrogen and oxygen atoms in total. The van der Waals surface area contributed by atoms with Crippen molar-refractivity contribution in [3.63, 3.8) is 0 Å². The number of hydrogen-bond donors (Lipinski definition) is 1. The molecule has 132 valence electrons. The summed E-state index contributed by atoms with van der Waals surface area (Å²) in [5, 5.41) is 2.82. The number of nitrogens with one attached hydrogen (secondary N) is 1. The molecule has 0 aliphatic heterocycles. The Bertz CT molecular complexity index is 605. The van der Waals surface area contributed by atoms with Gasteiger partial charge < -0.3 is 15.0 Å². The normalized spacial score (nSPS) is 10.9. The Labute approximate surface area is 143 Å². The molecular weight excluding hydrogens is 308 g/mol. The Morgan fingerprint density at radius 1 is 1.21 bits per heavy atom. The van der Waals surface area contributed by atoms with Gasteiger partial charge in [0.05, 0.1) is 6.54 Å². The van der Waals surface area contributed by atoms with E-state index in [-0.39, 0.29) is 36.3 Å². The van der Waals surface area contributed by atoms with Gasteiger partial charge in [-0.15, -0.1) is 0 Å². The van der Waals surface area contributed by atoms with Gasteiger partial charge in [0.25, 0.3) is 5.91 Å². The third kappa shape index (κ3) is 6.81. The number of ether oxygens (including phenoxy) is 1. The van der Waals surface area contributed by atoms with Crippen LogP contribution in [0, 0.1) is 0 Å². The lowest BCUT2D eigenvalue weighted by atomic mass is 10.1. The molecule has 1 aromatic rings. The van der Waals surface area contributed by atoms with Crippen molar-refractivity contribution in [2.75, 3.05) is 19.7 Å². The minimum Gasteiger partial charge on any atom is -0.484 e. The zero-order chi connectivity index (χ0) is 18.3. The molecule has 0 aliphatic rings. The van der Waals surface area contributed by atoms with Crippen molar-refractivity contribution < 1.29 is 19.1 Å². The highest BCUT2D eigenvalue weighted by atomic mass is 16.5. The third-order valence-corrected chi connectivity index (χ3v) is 3.19. The molecule has 1 aromatic carbocycles. The summed E-state index contributed by atoms with van der Waals surface area (Å²) < 4.78 is 5.45. The Morgan fingerprint density at radius 3 is 2.42 bits per heavy atom. The molecule has 24 heavy (non-hydrogen) atoms. The zero-order valence-corrected chi connectivity index (χ0v) is 15.0. The minimum atomic E-state index is -0.344. The summed E-state index contributed by atoms with van der Waals surface area (Å²) in [5.41, 5.74) is 0.181. The number of hydrogen-bond acceptors (Lipinski definition) is 4. The molecule has 0 saturated heterocycles. The van der Waals surface area contributed by atoms with Crippen LogP contribution in [0.3, 0.4) is 0 Å². The molecule has 2 amide bonds. The van der Waals surface area contributed by atoms with Crippen LogP contribution in [0.15, 0.2) is 24.3 Å². The minimum absolute atomic E-state index is 0.0105. The number of carbonyl (C=O) groups excluding carboxylic acids is 3. The van der Waals surface area contributed by atoms with Crippen LogP contribution in [0.4, 0.5) is 0 Å². The maximum atomic E-state index is 12.2. The van der Waals surface area contributed by atoms with Gasteiger partial charge >= 0.3 is 0 Å². The van der Waals surface area contributed by atoms with Crippen LogP contribution in [-0.4, -0.2) is 47.7 Å². The number of benzene rings is 1. The van der Waals surface area contributed by atoms with Gasteiger partial charge in [-0.25, -0.2) is 0 Å². The third-order valence-electron chi connectivity index (χ3n) is 3.19. The van der Waals surface area contributed by atoms with Crippen LogP contribution >= 0.6 is 0 Å². The van der Waals surface area contributed by atoms with E-state index in [1.54, 1.807) is 31.2 Å². The lowest BCUT2D eigenvalue weighted by Gasteiger charge is -2.25. The highest BCUT2D eigenvalue weighted by Gasteiger charge is 2.19. The number of carbonyl (C=O) groups is 3. The van der Waals surface area contributed by atoms with E-state index in [0.29, 0.717) is 17.9 Å². The second kappa shape index (κ2) is 8.47. The average Bonchev–Trinajstić information content (AvgIpc) is 2.48. The van der Waals surface area contributed by atoms with E-state index in [9.17, 15) is 14.4 Å². The molecule has 0 aliphatic carbocycles. The van der Waals surface area contributed by atoms with Gasteiger partial charge in [0.1, 0.15) is 5.75 Å². The largest absolute Gasteiger partial charge is 0.484 e. The summed E-state index contributed by atoms with van der Waals surface area (Å²) in [4.78, 5) is 36.9. The summed E-state index contributed by atoms with van der Waals surface area (Å²) in [6.45, 7) is 9.14. The van der Waals surface area contributed by atoms with Crippen LogP contribution in [0.1, 0.15) is 45.0 Å². The Kier molecular flexibility index (Phi) is 6.95. The van der Waals surface area contributed by atoms with Gasteiger partial charge in [0.15, 0.2) is 12.4 Å². The molecular formula is C18H26N2O4. The average molecular weight is 334 g/mol. The first-order chi connectivity index (χ1) is 11.1. The van der Waals surface area contributed by atoms with Crippen LogP contribution in [-0.2, 0) is 9.59 Å². The van der Waals surface area contributed by atoms with Gasteiger partial charge in [-0.3, -0.25) is 14.4 Å². The Morgan fingerprint density at radius 2 is 1.88 bits per heavy atom. The first-order valence-corrected chi connectivity index (χ1v) is 7.95. The van der Waals surface area contributed by atoms with E-state index in [4.69, 9.17) is 4.74 Å². The van der Waals surface area contributed by atoms with E-state index < -0.39 is 0 Å². The molecule has 0 fully saturated rings. The molecule has 0 heterocycles. The molecule has 1 N–H and O–H groups in total. The maximum absolute atomic E-state index is 12.2. The quantitative estimate of drug-likeness (QED) is 0.774. The first kappa shape index (κ1) is 19.7. The standard InChI is InChI=1S/C18H26N2O4/c1-6-20(11-16(22)19-18(3,4)5)17(23)12-24-15-9-7-8-14(10-15)13(2)21/h7-10H,6,11-12H2,1-5H3,(H,19,22). The summed E-state index contributed by atoms with van der Waals surface area (Å²) in [5.74, 6) is -0.113. The predicted molar refractivity (Wildman–Crippen MR) is 92.1 cm³/mol. The van der Waals surface area contributed by atoms with Gasteiger partial charge in [-0.2, -0.15) is 0 Å². The molecule has 0 saturated carbocycles. The van der Waals surface area contributed by atoms with Crippen molar-refractivity contribution in [1.82, 2.24) is 10.2 Å². The molecule has 0 radical (unpaired) electrons. The lowest BCUT2D eigenvalue weighted by Crippen LogP contribution is -2.48. The van der Waals surface area contributed by atoms with Crippen molar-refractivity contribution in [2.45, 2.75) is 40.2 Å². The van der Waals surface area contributed by atoms with Gasteiger partial charge in [0.2, 0.25) is 5.91 Å². The molecule has 0 spiro atoms. The summed E-state index contributed by atoms with van der Waals surface area (Å²) in [6, 6.07) is 6.66. The zero-order valence-electron chi connectivity index (χ0n) is 15.0. The summed E-state index contributed by atoms with van der Waals surface area (Å²) >= 11 is 0. The smallest absolute Gasteiger partial charge is 0.260 e. The van der Waals surface area contributed by atoms with E-state index in [1.165, 1.54) is 11.8 Å². The number of nitrogens with zero attached hydrogens (tertiary/aromatic N) is 1. The molecule has 0 unspecified atom stereocenters. The van der Waals surface area contributed by atoms with Crippen LogP contribution in [0.2, 0.25) is 0 Å². The molecule has 6 heteroatoms. The van der Waals surface area contributed by atoms with Crippen molar-refractivity contribution in [3.8, 4) is 5.75 Å². The van der Waals surface area contributed by atoms with Crippen LogP contribution in [0.5, 0.6) is 5.75 Å². The fourth-order valence-electron chi connectivity index (χ4n) is 2.05. The topological polar surface area (TPSA) is 75.7 Å². The summed E-state index contributed by atoms with van der Waals surface area (Å²) in [7, 11) is 0. The van der Waals surface area contributed by atoms with Crippen molar-refractivity contribution in [3.05, 3.63) is 29.8 Å². The fraction of sp³-hybridized carbons (Fsp3) is 0.500. The predicted octanol–water partition coefficient (Wildman–Crippen LogP) is 2.03. The molecule has 0 bridgehead atoms. The van der Waals surface area contributed by atoms with Crippen molar-refractivity contribution >= 4 is 17.6 Å². The van der Waals surface area contributed by atoms with Crippen molar-refractivity contribution in [1.29, 1.82) is 0 Å². The Hall–Kier alpha value is -2.37. The highest BCUT2D eigenvalue weighted by molar-refractivity contribution is 5.94. The molecule has 0 atom stereocenters. The number of rotatable bonds is 7. The van der Waals surface area contributed by atoms with Crippen LogP contribution < -0.4 is 10.1 Å². The van der Waals surface area contributed by atoms with E-state index >= 15 is 0 Å². The second-order valence-corrected chi connectivity index (χ2v) is 6.58. The maximum Gasteiger partial charge on any atom is 0.260 e.